The number of ether oxygens (including phenoxy) is 1. The summed E-state index contributed by atoms with van der Waals surface area (Å²) in [5.41, 5.74) is 1.09. The number of unbranched alkanes of at least 4 members (excludes halogenated alkanes) is 1. The van der Waals surface area contributed by atoms with Crippen LogP contribution < -0.4 is 0 Å². The van der Waals surface area contributed by atoms with Crippen LogP contribution in [0.4, 0.5) is 0 Å². The van der Waals surface area contributed by atoms with Crippen molar-refractivity contribution < 1.29 is 14.6 Å². The summed E-state index contributed by atoms with van der Waals surface area (Å²) >= 11 is 0. The number of aliphatic hydroxyl groups excluding tert-OH is 1. The van der Waals surface area contributed by atoms with Crippen LogP contribution in [0.5, 0.6) is 0 Å². The number of aliphatic hydroxyl groups is 1. The number of carbonyl (C=O) groups excluding carboxylic acids is 1. The zero-order valence-corrected chi connectivity index (χ0v) is 10.3. The average Bonchev–Trinajstić information content (AvgIpc) is 2.42. The lowest BCUT2D eigenvalue weighted by molar-refractivity contribution is -0.153. The minimum Gasteiger partial charge on any atom is -0.464 e. The number of hydrogen-bond acceptors (Lipinski definition) is 3. The van der Waals surface area contributed by atoms with Crippen LogP contribution in [-0.4, -0.2) is 23.8 Å². The van der Waals surface area contributed by atoms with Crippen molar-refractivity contribution in [2.24, 2.45) is 0 Å². The van der Waals surface area contributed by atoms with E-state index in [-0.39, 0.29) is 6.61 Å². The zero-order valence-electron chi connectivity index (χ0n) is 10.3. The highest BCUT2D eigenvalue weighted by Crippen LogP contribution is 2.06. The van der Waals surface area contributed by atoms with Gasteiger partial charge in [-0.15, -0.1) is 12.3 Å². The Kier molecular flexibility index (Phi) is 6.60. The van der Waals surface area contributed by atoms with Gasteiger partial charge in [-0.25, -0.2) is 4.79 Å². The van der Waals surface area contributed by atoms with Crippen LogP contribution in [-0.2, 0) is 16.0 Å². The largest absolute Gasteiger partial charge is 0.464 e. The Hall–Kier alpha value is -1.79. The van der Waals surface area contributed by atoms with Gasteiger partial charge in [0.05, 0.1) is 6.61 Å². The summed E-state index contributed by atoms with van der Waals surface area (Å²) in [5, 5.41) is 9.62. The maximum atomic E-state index is 11.4. The summed E-state index contributed by atoms with van der Waals surface area (Å²) in [6.07, 6.45) is 6.25. The second kappa shape index (κ2) is 8.32. The third-order valence-corrected chi connectivity index (χ3v) is 2.53. The molecule has 0 fully saturated rings. The van der Waals surface area contributed by atoms with Crippen molar-refractivity contribution in [3.05, 3.63) is 35.9 Å². The summed E-state index contributed by atoms with van der Waals surface area (Å²) in [6, 6.07) is 9.72. The van der Waals surface area contributed by atoms with E-state index in [1.165, 1.54) is 0 Å². The number of benzene rings is 1. The molecule has 0 aromatic heterocycles. The highest BCUT2D eigenvalue weighted by molar-refractivity contribution is 5.74. The maximum absolute atomic E-state index is 11.4. The molecule has 1 aromatic rings. The smallest absolute Gasteiger partial charge is 0.334 e. The molecule has 3 heteroatoms. The Bertz CT molecular complexity index is 392. The van der Waals surface area contributed by atoms with Crippen LogP contribution in [0.25, 0.3) is 0 Å². The lowest BCUT2D eigenvalue weighted by atomic mass is 10.1. The molecular weight excluding hydrogens is 228 g/mol. The summed E-state index contributed by atoms with van der Waals surface area (Å²) < 4.78 is 4.91. The first kappa shape index (κ1) is 14.3. The molecule has 96 valence electrons. The number of rotatable bonds is 7. The summed E-state index contributed by atoms with van der Waals surface area (Å²) in [4.78, 5) is 11.4. The van der Waals surface area contributed by atoms with Crippen molar-refractivity contribution >= 4 is 5.97 Å². The van der Waals surface area contributed by atoms with Crippen LogP contribution in [0.15, 0.2) is 30.3 Å². The molecule has 1 atom stereocenters. The van der Waals surface area contributed by atoms with Crippen molar-refractivity contribution in [1.82, 2.24) is 0 Å². The Morgan fingerprint density at radius 1 is 1.39 bits per heavy atom. The molecule has 1 rings (SSSR count). The normalized spacial score (nSPS) is 11.6. The molecule has 0 heterocycles. The second-order valence-corrected chi connectivity index (χ2v) is 4.02. The third-order valence-electron chi connectivity index (χ3n) is 2.53. The van der Waals surface area contributed by atoms with Crippen LogP contribution in [0.2, 0.25) is 0 Å². The Morgan fingerprint density at radius 3 is 2.78 bits per heavy atom. The van der Waals surface area contributed by atoms with Crippen LogP contribution in [0.1, 0.15) is 24.8 Å². The van der Waals surface area contributed by atoms with Gasteiger partial charge in [0.15, 0.2) is 6.10 Å². The van der Waals surface area contributed by atoms with E-state index in [0.29, 0.717) is 25.7 Å². The minimum absolute atomic E-state index is 0.269. The van der Waals surface area contributed by atoms with E-state index in [1.54, 1.807) is 0 Å². The predicted molar refractivity (Wildman–Crippen MR) is 69.8 cm³/mol. The molecule has 0 bridgehead atoms. The topological polar surface area (TPSA) is 46.5 Å². The summed E-state index contributed by atoms with van der Waals surface area (Å²) in [7, 11) is 0. The van der Waals surface area contributed by atoms with Gasteiger partial charge in [0.25, 0.3) is 0 Å². The number of carbonyl (C=O) groups is 1. The highest BCUT2D eigenvalue weighted by atomic mass is 16.5. The predicted octanol–water partition coefficient (Wildman–Crippen LogP) is 1.94. The van der Waals surface area contributed by atoms with E-state index < -0.39 is 12.1 Å². The lowest BCUT2D eigenvalue weighted by Gasteiger charge is -2.10. The van der Waals surface area contributed by atoms with Crippen molar-refractivity contribution in [2.75, 3.05) is 6.61 Å². The molecule has 3 nitrogen and oxygen atoms in total. The average molecular weight is 246 g/mol. The molecular formula is C15H18O3. The summed E-state index contributed by atoms with van der Waals surface area (Å²) in [5.74, 6) is 1.90. The zero-order chi connectivity index (χ0) is 13.2. The van der Waals surface area contributed by atoms with Crippen molar-refractivity contribution in [3.8, 4) is 12.3 Å². The molecule has 0 radical (unpaired) electrons. The first-order valence-electron chi connectivity index (χ1n) is 6.06. The van der Waals surface area contributed by atoms with Crippen molar-refractivity contribution in [2.45, 2.75) is 31.8 Å². The minimum atomic E-state index is -1.06. The first-order valence-corrected chi connectivity index (χ1v) is 6.06. The standard InChI is InChI=1S/C15H18O3/c1-2-3-7-12-18-15(17)14(16)11-10-13-8-5-4-6-9-13/h1,4-6,8-9,14,16H,3,7,10-12H2. The van der Waals surface area contributed by atoms with Crippen LogP contribution in [0, 0.1) is 12.3 Å². The fourth-order valence-corrected chi connectivity index (χ4v) is 1.51. The van der Waals surface area contributed by atoms with E-state index >= 15 is 0 Å². The van der Waals surface area contributed by atoms with E-state index in [2.05, 4.69) is 5.92 Å². The van der Waals surface area contributed by atoms with Crippen LogP contribution >= 0.6 is 0 Å². The summed E-state index contributed by atoms with van der Waals surface area (Å²) in [6.45, 7) is 0.269. The number of esters is 1. The lowest BCUT2D eigenvalue weighted by Crippen LogP contribution is -2.24. The van der Waals surface area contributed by atoms with Crippen LogP contribution in [0.3, 0.4) is 0 Å². The molecule has 0 saturated heterocycles. The van der Waals surface area contributed by atoms with Gasteiger partial charge in [0.2, 0.25) is 0 Å². The van der Waals surface area contributed by atoms with Gasteiger partial charge in [0.1, 0.15) is 0 Å². The Balaban J connectivity index is 2.22. The maximum Gasteiger partial charge on any atom is 0.334 e. The second-order valence-electron chi connectivity index (χ2n) is 4.02. The molecule has 0 aliphatic carbocycles. The molecule has 0 aliphatic rings. The van der Waals surface area contributed by atoms with E-state index in [4.69, 9.17) is 11.2 Å². The van der Waals surface area contributed by atoms with Gasteiger partial charge >= 0.3 is 5.97 Å². The Morgan fingerprint density at radius 2 is 2.11 bits per heavy atom. The van der Waals surface area contributed by atoms with Gasteiger partial charge in [-0.2, -0.15) is 0 Å². The molecule has 1 aromatic carbocycles. The molecule has 1 N–H and O–H groups in total. The van der Waals surface area contributed by atoms with E-state index in [0.717, 1.165) is 5.56 Å². The van der Waals surface area contributed by atoms with Gasteiger partial charge in [-0.05, 0) is 24.8 Å². The molecule has 0 spiro atoms. The fourth-order valence-electron chi connectivity index (χ4n) is 1.51. The monoisotopic (exact) mass is 246 g/mol. The van der Waals surface area contributed by atoms with Crippen molar-refractivity contribution in [1.29, 1.82) is 0 Å². The molecule has 0 aliphatic heterocycles. The van der Waals surface area contributed by atoms with Gasteiger partial charge < -0.3 is 9.84 Å². The number of terminal acetylenes is 1. The highest BCUT2D eigenvalue weighted by Gasteiger charge is 2.15. The quantitative estimate of drug-likeness (QED) is 0.454. The number of hydrogen-bond donors (Lipinski definition) is 1. The molecule has 1 unspecified atom stereocenters. The van der Waals surface area contributed by atoms with E-state index in [9.17, 15) is 9.90 Å². The molecule has 0 saturated carbocycles. The first-order chi connectivity index (χ1) is 8.74. The fraction of sp³-hybridized carbons (Fsp3) is 0.400. The van der Waals surface area contributed by atoms with Gasteiger partial charge in [-0.3, -0.25) is 0 Å². The van der Waals surface area contributed by atoms with Crippen molar-refractivity contribution in [3.63, 3.8) is 0 Å². The van der Waals surface area contributed by atoms with Gasteiger partial charge in [0, 0.05) is 6.42 Å². The number of aryl methyl sites for hydroxylation is 1. The van der Waals surface area contributed by atoms with Gasteiger partial charge in [-0.1, -0.05) is 30.3 Å². The SMILES string of the molecule is C#CCCCOC(=O)C(O)CCc1ccccc1. The Labute approximate surface area is 108 Å². The molecule has 0 amide bonds. The van der Waals surface area contributed by atoms with E-state index in [1.807, 2.05) is 30.3 Å². The third kappa shape index (κ3) is 5.51. The molecule has 18 heavy (non-hydrogen) atoms.